The Balaban J connectivity index is 2.82. The molecule has 1 unspecified atom stereocenters. The van der Waals surface area contributed by atoms with Gasteiger partial charge in [0.2, 0.25) is 0 Å². The lowest BCUT2D eigenvalue weighted by atomic mass is 10.1. The Morgan fingerprint density at radius 3 is 2.87 bits per heavy atom. The standard InChI is InChI=1S/C11H16FNOS/c1-8(13)9-4-3-5-10(12)11(9)15-7-6-14-2/h3-5,8H,6-7,13H2,1-2H3. The molecule has 0 bridgehead atoms. The smallest absolute Gasteiger partial charge is 0.137 e. The minimum Gasteiger partial charge on any atom is -0.384 e. The van der Waals surface area contributed by atoms with Crippen molar-refractivity contribution in [2.24, 2.45) is 5.73 Å². The van der Waals surface area contributed by atoms with Gasteiger partial charge < -0.3 is 10.5 Å². The maximum atomic E-state index is 13.5. The summed E-state index contributed by atoms with van der Waals surface area (Å²) in [7, 11) is 1.63. The van der Waals surface area contributed by atoms with Crippen LogP contribution in [-0.4, -0.2) is 19.5 Å². The maximum absolute atomic E-state index is 13.5. The zero-order chi connectivity index (χ0) is 11.3. The number of nitrogens with two attached hydrogens (primary N) is 1. The number of thioether (sulfide) groups is 1. The molecule has 1 rings (SSSR count). The third kappa shape index (κ3) is 3.48. The van der Waals surface area contributed by atoms with Crippen LogP contribution in [0, 0.1) is 5.82 Å². The molecule has 1 atom stereocenters. The first kappa shape index (κ1) is 12.5. The summed E-state index contributed by atoms with van der Waals surface area (Å²) in [5.41, 5.74) is 6.63. The lowest BCUT2D eigenvalue weighted by molar-refractivity contribution is 0.218. The molecule has 1 aromatic rings. The number of rotatable bonds is 5. The van der Waals surface area contributed by atoms with Crippen LogP contribution in [0.1, 0.15) is 18.5 Å². The molecule has 0 aliphatic heterocycles. The van der Waals surface area contributed by atoms with E-state index in [1.54, 1.807) is 13.2 Å². The van der Waals surface area contributed by atoms with Gasteiger partial charge in [0, 0.05) is 23.8 Å². The van der Waals surface area contributed by atoms with Crippen LogP contribution in [0.3, 0.4) is 0 Å². The Labute approximate surface area is 94.0 Å². The number of ether oxygens (including phenoxy) is 1. The Morgan fingerprint density at radius 1 is 1.53 bits per heavy atom. The molecular formula is C11H16FNOS. The van der Waals surface area contributed by atoms with E-state index in [9.17, 15) is 4.39 Å². The number of methoxy groups -OCH3 is 1. The zero-order valence-corrected chi connectivity index (χ0v) is 9.81. The van der Waals surface area contributed by atoms with Crippen LogP contribution in [0.25, 0.3) is 0 Å². The van der Waals surface area contributed by atoms with Crippen molar-refractivity contribution in [1.29, 1.82) is 0 Å². The van der Waals surface area contributed by atoms with E-state index < -0.39 is 0 Å². The summed E-state index contributed by atoms with van der Waals surface area (Å²) >= 11 is 1.45. The van der Waals surface area contributed by atoms with Crippen molar-refractivity contribution in [1.82, 2.24) is 0 Å². The lowest BCUT2D eigenvalue weighted by Crippen LogP contribution is -2.07. The van der Waals surface area contributed by atoms with Gasteiger partial charge in [-0.2, -0.15) is 0 Å². The average Bonchev–Trinajstić information content (AvgIpc) is 2.20. The molecule has 0 aromatic heterocycles. The molecule has 2 N–H and O–H groups in total. The van der Waals surface area contributed by atoms with Gasteiger partial charge in [-0.15, -0.1) is 11.8 Å². The first-order chi connectivity index (χ1) is 7.16. The fraction of sp³-hybridized carbons (Fsp3) is 0.455. The highest BCUT2D eigenvalue weighted by molar-refractivity contribution is 7.99. The second-order valence-corrected chi connectivity index (χ2v) is 4.39. The predicted molar refractivity (Wildman–Crippen MR) is 61.6 cm³/mol. The van der Waals surface area contributed by atoms with E-state index in [0.717, 1.165) is 11.3 Å². The Morgan fingerprint density at radius 2 is 2.27 bits per heavy atom. The van der Waals surface area contributed by atoms with E-state index in [0.29, 0.717) is 11.5 Å². The fourth-order valence-electron chi connectivity index (χ4n) is 1.26. The Hall–Kier alpha value is -0.580. The summed E-state index contributed by atoms with van der Waals surface area (Å²) in [6.07, 6.45) is 0. The first-order valence-electron chi connectivity index (χ1n) is 4.82. The molecule has 0 saturated carbocycles. The van der Waals surface area contributed by atoms with E-state index >= 15 is 0 Å². The van der Waals surface area contributed by atoms with E-state index in [4.69, 9.17) is 10.5 Å². The van der Waals surface area contributed by atoms with Crippen LogP contribution in [0.4, 0.5) is 4.39 Å². The molecule has 0 spiro atoms. The van der Waals surface area contributed by atoms with Crippen LogP contribution >= 0.6 is 11.8 Å². The van der Waals surface area contributed by atoms with Crippen LogP contribution < -0.4 is 5.73 Å². The summed E-state index contributed by atoms with van der Waals surface area (Å²) in [6, 6.07) is 4.86. The molecule has 0 saturated heterocycles. The molecule has 0 fully saturated rings. The highest BCUT2D eigenvalue weighted by Gasteiger charge is 2.11. The van der Waals surface area contributed by atoms with Gasteiger partial charge in [-0.1, -0.05) is 12.1 Å². The zero-order valence-electron chi connectivity index (χ0n) is 9.00. The van der Waals surface area contributed by atoms with E-state index in [1.165, 1.54) is 17.8 Å². The maximum Gasteiger partial charge on any atom is 0.137 e. The third-order valence-corrected chi connectivity index (χ3v) is 3.11. The molecule has 84 valence electrons. The Kier molecular flexibility index (Phi) is 5.08. The molecule has 0 heterocycles. The topological polar surface area (TPSA) is 35.2 Å². The van der Waals surface area contributed by atoms with Gasteiger partial charge in [0.15, 0.2) is 0 Å². The van der Waals surface area contributed by atoms with Crippen molar-refractivity contribution in [3.05, 3.63) is 29.6 Å². The largest absolute Gasteiger partial charge is 0.384 e. The SMILES string of the molecule is COCCSc1c(F)cccc1C(C)N. The van der Waals surface area contributed by atoms with E-state index in [2.05, 4.69) is 0 Å². The van der Waals surface area contributed by atoms with Gasteiger partial charge in [0.1, 0.15) is 5.82 Å². The normalized spacial score (nSPS) is 12.8. The van der Waals surface area contributed by atoms with E-state index in [1.807, 2.05) is 13.0 Å². The second-order valence-electron chi connectivity index (χ2n) is 3.29. The van der Waals surface area contributed by atoms with Crippen molar-refractivity contribution >= 4 is 11.8 Å². The molecule has 0 aliphatic rings. The average molecular weight is 229 g/mol. The molecule has 0 aliphatic carbocycles. The highest BCUT2D eigenvalue weighted by atomic mass is 32.2. The lowest BCUT2D eigenvalue weighted by Gasteiger charge is -2.12. The van der Waals surface area contributed by atoms with Gasteiger partial charge >= 0.3 is 0 Å². The summed E-state index contributed by atoms with van der Waals surface area (Å²) < 4.78 is 18.4. The quantitative estimate of drug-likeness (QED) is 0.622. The predicted octanol–water partition coefficient (Wildman–Crippen LogP) is 2.58. The van der Waals surface area contributed by atoms with Crippen LogP contribution in [0.2, 0.25) is 0 Å². The Bertz CT molecular complexity index is 317. The van der Waals surface area contributed by atoms with E-state index in [-0.39, 0.29) is 11.9 Å². The van der Waals surface area contributed by atoms with Crippen molar-refractivity contribution in [3.63, 3.8) is 0 Å². The first-order valence-corrected chi connectivity index (χ1v) is 5.81. The van der Waals surface area contributed by atoms with Crippen molar-refractivity contribution in [3.8, 4) is 0 Å². The van der Waals surface area contributed by atoms with Gasteiger partial charge in [0.05, 0.1) is 6.61 Å². The second kappa shape index (κ2) is 6.10. The molecule has 1 aromatic carbocycles. The molecule has 0 amide bonds. The molecular weight excluding hydrogens is 213 g/mol. The number of benzene rings is 1. The summed E-state index contributed by atoms with van der Waals surface area (Å²) in [4.78, 5) is 0.643. The van der Waals surface area contributed by atoms with Gasteiger partial charge in [0.25, 0.3) is 0 Å². The molecule has 2 nitrogen and oxygen atoms in total. The molecule has 4 heteroatoms. The third-order valence-electron chi connectivity index (χ3n) is 2.02. The van der Waals surface area contributed by atoms with Crippen molar-refractivity contribution < 1.29 is 9.13 Å². The van der Waals surface area contributed by atoms with Crippen LogP contribution in [0.15, 0.2) is 23.1 Å². The summed E-state index contributed by atoms with van der Waals surface area (Å²) in [6.45, 7) is 2.46. The summed E-state index contributed by atoms with van der Waals surface area (Å²) in [5.74, 6) is 0.530. The monoisotopic (exact) mass is 229 g/mol. The fourth-order valence-corrected chi connectivity index (χ4v) is 2.34. The highest BCUT2D eigenvalue weighted by Crippen LogP contribution is 2.29. The van der Waals surface area contributed by atoms with Crippen molar-refractivity contribution in [2.75, 3.05) is 19.5 Å². The van der Waals surface area contributed by atoms with Gasteiger partial charge in [-0.3, -0.25) is 0 Å². The number of hydrogen-bond donors (Lipinski definition) is 1. The number of halogens is 1. The minimum absolute atomic E-state index is 0.147. The van der Waals surface area contributed by atoms with Crippen LogP contribution in [-0.2, 0) is 4.74 Å². The summed E-state index contributed by atoms with van der Waals surface area (Å²) in [5, 5.41) is 0. The van der Waals surface area contributed by atoms with Gasteiger partial charge in [-0.25, -0.2) is 4.39 Å². The minimum atomic E-state index is -0.203. The van der Waals surface area contributed by atoms with Crippen molar-refractivity contribution in [2.45, 2.75) is 17.9 Å². The number of hydrogen-bond acceptors (Lipinski definition) is 3. The van der Waals surface area contributed by atoms with Crippen LogP contribution in [0.5, 0.6) is 0 Å². The molecule has 15 heavy (non-hydrogen) atoms. The molecule has 0 radical (unpaired) electrons. The van der Waals surface area contributed by atoms with Gasteiger partial charge in [-0.05, 0) is 18.6 Å².